The minimum atomic E-state index is -4.16. The number of aromatic nitrogens is 2. The molecule has 1 aromatic rings. The molecule has 1 aromatic heterocycles. The first kappa shape index (κ1) is 13.9. The summed E-state index contributed by atoms with van der Waals surface area (Å²) in [6, 6.07) is 0.0413. The summed E-state index contributed by atoms with van der Waals surface area (Å²) in [5.74, 6) is 0.219. The number of halogens is 3. The molecule has 2 N–H and O–H groups in total. The Morgan fingerprint density at radius 2 is 1.88 bits per heavy atom. The van der Waals surface area contributed by atoms with Crippen LogP contribution in [0.1, 0.15) is 31.2 Å². The molecule has 1 rings (SSSR count). The number of alkyl halides is 3. The number of nitrogens with two attached hydrogens (primary N) is 1. The van der Waals surface area contributed by atoms with Crippen molar-refractivity contribution in [3.63, 3.8) is 0 Å². The molecule has 0 amide bonds. The number of hydrogen-bond donors (Lipinski definition) is 1. The van der Waals surface area contributed by atoms with E-state index >= 15 is 0 Å². The van der Waals surface area contributed by atoms with Gasteiger partial charge in [-0.05, 0) is 18.4 Å². The van der Waals surface area contributed by atoms with E-state index in [-0.39, 0.29) is 18.3 Å². The molecule has 0 radical (unpaired) electrons. The number of hydrogen-bond acceptors (Lipinski definition) is 3. The molecule has 0 aliphatic carbocycles. The van der Waals surface area contributed by atoms with Gasteiger partial charge in [-0.2, -0.15) is 13.2 Å². The molecule has 0 bridgehead atoms. The summed E-state index contributed by atoms with van der Waals surface area (Å²) in [7, 11) is 0. The fourth-order valence-corrected chi connectivity index (χ4v) is 1.32. The van der Waals surface area contributed by atoms with Crippen molar-refractivity contribution in [3.8, 4) is 0 Å². The van der Waals surface area contributed by atoms with Crippen LogP contribution in [0.2, 0.25) is 0 Å². The Morgan fingerprint density at radius 3 is 2.35 bits per heavy atom. The van der Waals surface area contributed by atoms with Gasteiger partial charge in [-0.1, -0.05) is 6.92 Å². The van der Waals surface area contributed by atoms with Gasteiger partial charge in [0.1, 0.15) is 5.82 Å². The van der Waals surface area contributed by atoms with Crippen LogP contribution in [0.4, 0.5) is 13.2 Å². The molecule has 1 unspecified atom stereocenters. The van der Waals surface area contributed by atoms with Gasteiger partial charge in [0.25, 0.3) is 0 Å². The molecule has 0 aromatic carbocycles. The maximum atomic E-state index is 12.0. The molecule has 1 heterocycles. The van der Waals surface area contributed by atoms with E-state index < -0.39 is 12.6 Å². The third kappa shape index (κ3) is 5.63. The Bertz CT molecular complexity index is 335. The van der Waals surface area contributed by atoms with Gasteiger partial charge >= 0.3 is 6.18 Å². The van der Waals surface area contributed by atoms with Gasteiger partial charge in [-0.3, -0.25) is 0 Å². The zero-order chi connectivity index (χ0) is 12.9. The van der Waals surface area contributed by atoms with Crippen molar-refractivity contribution in [1.82, 2.24) is 9.97 Å². The predicted molar refractivity (Wildman–Crippen MR) is 58.4 cm³/mol. The zero-order valence-electron chi connectivity index (χ0n) is 9.67. The Morgan fingerprint density at radius 1 is 1.29 bits per heavy atom. The molecule has 0 aliphatic heterocycles. The second-order valence-electron chi connectivity index (χ2n) is 4.00. The van der Waals surface area contributed by atoms with E-state index in [0.29, 0.717) is 6.42 Å². The lowest BCUT2D eigenvalue weighted by Crippen LogP contribution is -2.21. The Kier molecular flexibility index (Phi) is 4.86. The standard InChI is InChI=1S/C11H16F3N3/c1-2-9(15)5-8-6-16-10(17-7-8)3-4-11(12,13)14/h6-7,9H,2-5,15H2,1H3. The normalized spacial score (nSPS) is 13.7. The highest BCUT2D eigenvalue weighted by molar-refractivity contribution is 5.07. The number of aryl methyl sites for hydroxylation is 1. The molecule has 0 spiro atoms. The van der Waals surface area contributed by atoms with Gasteiger partial charge in [-0.25, -0.2) is 9.97 Å². The van der Waals surface area contributed by atoms with E-state index in [9.17, 15) is 13.2 Å². The first-order valence-electron chi connectivity index (χ1n) is 5.53. The summed E-state index contributed by atoms with van der Waals surface area (Å²) >= 11 is 0. The maximum Gasteiger partial charge on any atom is 0.389 e. The first-order valence-corrected chi connectivity index (χ1v) is 5.53. The molecule has 6 heteroatoms. The predicted octanol–water partition coefficient (Wildman–Crippen LogP) is 2.25. The molecule has 1 atom stereocenters. The summed E-state index contributed by atoms with van der Waals surface area (Å²) in [6.45, 7) is 1.98. The van der Waals surface area contributed by atoms with Gasteiger partial charge in [0.15, 0.2) is 0 Å². The van der Waals surface area contributed by atoms with Crippen molar-refractivity contribution in [1.29, 1.82) is 0 Å². The summed E-state index contributed by atoms with van der Waals surface area (Å²) in [4.78, 5) is 7.80. The van der Waals surface area contributed by atoms with Crippen molar-refractivity contribution in [3.05, 3.63) is 23.8 Å². The van der Waals surface area contributed by atoms with Crippen molar-refractivity contribution in [2.24, 2.45) is 5.73 Å². The van der Waals surface area contributed by atoms with E-state index in [1.807, 2.05) is 6.92 Å². The van der Waals surface area contributed by atoms with Gasteiger partial charge in [0.05, 0.1) is 6.42 Å². The third-order valence-electron chi connectivity index (χ3n) is 2.41. The minimum absolute atomic E-state index is 0.0413. The molecular formula is C11H16F3N3. The van der Waals surface area contributed by atoms with Crippen molar-refractivity contribution in [2.75, 3.05) is 0 Å². The zero-order valence-corrected chi connectivity index (χ0v) is 9.67. The number of nitrogens with zero attached hydrogens (tertiary/aromatic N) is 2. The molecule has 0 aliphatic rings. The summed E-state index contributed by atoms with van der Waals surface area (Å²) < 4.78 is 35.9. The van der Waals surface area contributed by atoms with Crippen LogP contribution < -0.4 is 5.73 Å². The van der Waals surface area contributed by atoms with Crippen molar-refractivity contribution < 1.29 is 13.2 Å². The topological polar surface area (TPSA) is 51.8 Å². The van der Waals surface area contributed by atoms with Crippen LogP contribution >= 0.6 is 0 Å². The van der Waals surface area contributed by atoms with Crippen LogP contribution in [-0.2, 0) is 12.8 Å². The quantitative estimate of drug-likeness (QED) is 0.868. The maximum absolute atomic E-state index is 12.0. The van der Waals surface area contributed by atoms with Gasteiger partial charge in [0, 0.05) is 24.9 Å². The Balaban J connectivity index is 2.50. The van der Waals surface area contributed by atoms with Crippen LogP contribution in [0.3, 0.4) is 0 Å². The third-order valence-corrected chi connectivity index (χ3v) is 2.41. The highest BCUT2D eigenvalue weighted by Gasteiger charge is 2.26. The van der Waals surface area contributed by atoms with Gasteiger partial charge in [-0.15, -0.1) is 0 Å². The monoisotopic (exact) mass is 247 g/mol. The van der Waals surface area contributed by atoms with Gasteiger partial charge < -0.3 is 5.73 Å². The smallest absolute Gasteiger partial charge is 0.327 e. The van der Waals surface area contributed by atoms with Crippen LogP contribution in [0.15, 0.2) is 12.4 Å². The SMILES string of the molecule is CCC(N)Cc1cnc(CCC(F)(F)F)nc1. The lowest BCUT2D eigenvalue weighted by atomic mass is 10.1. The van der Waals surface area contributed by atoms with E-state index in [2.05, 4.69) is 9.97 Å². The molecule has 0 saturated heterocycles. The molecule has 0 fully saturated rings. The lowest BCUT2D eigenvalue weighted by molar-refractivity contribution is -0.134. The molecule has 0 saturated carbocycles. The fraction of sp³-hybridized carbons (Fsp3) is 0.636. The lowest BCUT2D eigenvalue weighted by Gasteiger charge is -2.08. The van der Waals surface area contributed by atoms with Crippen molar-refractivity contribution >= 4 is 0 Å². The highest BCUT2D eigenvalue weighted by atomic mass is 19.4. The van der Waals surface area contributed by atoms with Crippen LogP contribution in [-0.4, -0.2) is 22.2 Å². The average molecular weight is 247 g/mol. The fourth-order valence-electron chi connectivity index (χ4n) is 1.32. The highest BCUT2D eigenvalue weighted by Crippen LogP contribution is 2.20. The van der Waals surface area contributed by atoms with E-state index in [1.165, 1.54) is 0 Å². The summed E-state index contributed by atoms with van der Waals surface area (Å²) in [6.07, 6.45) is -0.634. The van der Waals surface area contributed by atoms with Gasteiger partial charge in [0.2, 0.25) is 0 Å². The molecule has 96 valence electrons. The van der Waals surface area contributed by atoms with Crippen LogP contribution in [0, 0.1) is 0 Å². The molecule has 3 nitrogen and oxygen atoms in total. The molecule has 17 heavy (non-hydrogen) atoms. The summed E-state index contributed by atoms with van der Waals surface area (Å²) in [5.41, 5.74) is 6.61. The van der Waals surface area contributed by atoms with E-state index in [4.69, 9.17) is 5.73 Å². The Labute approximate surface area is 98.3 Å². The Hall–Kier alpha value is -1.17. The van der Waals surface area contributed by atoms with Crippen LogP contribution in [0.5, 0.6) is 0 Å². The van der Waals surface area contributed by atoms with Crippen LogP contribution in [0.25, 0.3) is 0 Å². The minimum Gasteiger partial charge on any atom is -0.327 e. The molecular weight excluding hydrogens is 231 g/mol. The number of rotatable bonds is 5. The van der Waals surface area contributed by atoms with E-state index in [0.717, 1.165) is 12.0 Å². The second-order valence-corrected chi connectivity index (χ2v) is 4.00. The first-order chi connectivity index (χ1) is 7.90. The second kappa shape index (κ2) is 5.95. The largest absolute Gasteiger partial charge is 0.389 e. The average Bonchev–Trinajstić information content (AvgIpc) is 2.27. The van der Waals surface area contributed by atoms with Crippen molar-refractivity contribution in [2.45, 2.75) is 44.8 Å². The van der Waals surface area contributed by atoms with E-state index in [1.54, 1.807) is 12.4 Å². The summed E-state index contributed by atoms with van der Waals surface area (Å²) in [5, 5.41) is 0.